The zero-order chi connectivity index (χ0) is 18.6. The van der Waals surface area contributed by atoms with Crippen molar-refractivity contribution in [2.24, 2.45) is 10.7 Å². The van der Waals surface area contributed by atoms with Gasteiger partial charge in [-0.2, -0.15) is 0 Å². The van der Waals surface area contributed by atoms with Crippen molar-refractivity contribution < 1.29 is 4.39 Å². The van der Waals surface area contributed by atoms with Crippen molar-refractivity contribution in [1.82, 2.24) is 9.88 Å². The molecule has 0 unspecified atom stereocenters. The predicted molar refractivity (Wildman–Crippen MR) is 107 cm³/mol. The number of nitrogens with two attached hydrogens (primary N) is 1. The molecule has 2 heterocycles. The molecule has 0 amide bonds. The van der Waals surface area contributed by atoms with Crippen LogP contribution in [0.2, 0.25) is 0 Å². The molecule has 4 rings (SSSR count). The monoisotopic (exact) mass is 363 g/mol. The number of fused-ring (bicyclic) bond motifs is 1. The van der Waals surface area contributed by atoms with E-state index in [4.69, 9.17) is 5.73 Å². The second-order valence-corrected chi connectivity index (χ2v) is 6.61. The van der Waals surface area contributed by atoms with E-state index >= 15 is 0 Å². The zero-order valence-electron chi connectivity index (χ0n) is 15.1. The summed E-state index contributed by atoms with van der Waals surface area (Å²) in [4.78, 5) is 13.3. The van der Waals surface area contributed by atoms with Gasteiger partial charge in [0.25, 0.3) is 0 Å². The lowest BCUT2D eigenvalue weighted by Gasteiger charge is -2.36. The summed E-state index contributed by atoms with van der Waals surface area (Å²) in [6, 6.07) is 16.7. The largest absolute Gasteiger partial charge is 0.370 e. The van der Waals surface area contributed by atoms with Gasteiger partial charge in [-0.3, -0.25) is 4.98 Å². The van der Waals surface area contributed by atoms with Crippen molar-refractivity contribution in [1.29, 1.82) is 0 Å². The number of benzene rings is 2. The Hall–Kier alpha value is -3.15. The van der Waals surface area contributed by atoms with Gasteiger partial charge >= 0.3 is 0 Å². The number of para-hydroxylation sites is 1. The standard InChI is InChI=1S/C21H22FN5/c22-17-5-7-18(8-6-17)26-11-13-27(14-12-26)21(23)25-15-16-9-10-24-20-4-2-1-3-19(16)20/h1-10H,11-15H2,(H2,23,25). The molecule has 0 aliphatic carbocycles. The van der Waals surface area contributed by atoms with Crippen molar-refractivity contribution in [3.63, 3.8) is 0 Å². The molecule has 0 atom stereocenters. The molecule has 1 saturated heterocycles. The third-order valence-electron chi connectivity index (χ3n) is 4.95. The Bertz CT molecular complexity index is 941. The number of halogens is 1. The van der Waals surface area contributed by atoms with Gasteiger partial charge in [-0.1, -0.05) is 18.2 Å². The van der Waals surface area contributed by atoms with Crippen LogP contribution in [0.4, 0.5) is 10.1 Å². The molecule has 0 saturated carbocycles. The van der Waals surface area contributed by atoms with Gasteiger partial charge in [0.05, 0.1) is 12.1 Å². The normalized spacial score (nSPS) is 15.4. The fourth-order valence-corrected chi connectivity index (χ4v) is 3.40. The van der Waals surface area contributed by atoms with Crippen molar-refractivity contribution >= 4 is 22.5 Å². The van der Waals surface area contributed by atoms with Gasteiger partial charge in [0.1, 0.15) is 5.82 Å². The Kier molecular flexibility index (Phi) is 4.87. The Labute approximate surface area is 157 Å². The summed E-state index contributed by atoms with van der Waals surface area (Å²) in [6.07, 6.45) is 1.81. The highest BCUT2D eigenvalue weighted by atomic mass is 19.1. The molecule has 1 fully saturated rings. The number of aliphatic imine (C=N–C) groups is 1. The molecule has 6 heteroatoms. The van der Waals surface area contributed by atoms with E-state index in [2.05, 4.69) is 25.8 Å². The first kappa shape index (κ1) is 17.3. The van der Waals surface area contributed by atoms with Crippen molar-refractivity contribution in [3.8, 4) is 0 Å². The van der Waals surface area contributed by atoms with Gasteiger partial charge in [0.2, 0.25) is 0 Å². The van der Waals surface area contributed by atoms with Crippen LogP contribution in [0, 0.1) is 5.82 Å². The van der Waals surface area contributed by atoms with Crippen LogP contribution in [-0.4, -0.2) is 42.0 Å². The van der Waals surface area contributed by atoms with Crippen LogP contribution < -0.4 is 10.6 Å². The van der Waals surface area contributed by atoms with Crippen LogP contribution in [0.25, 0.3) is 10.9 Å². The molecule has 1 aromatic heterocycles. The molecule has 27 heavy (non-hydrogen) atoms. The maximum absolute atomic E-state index is 13.1. The zero-order valence-corrected chi connectivity index (χ0v) is 15.1. The highest BCUT2D eigenvalue weighted by molar-refractivity contribution is 5.83. The molecular formula is C21H22FN5. The number of guanidine groups is 1. The average Bonchev–Trinajstić information content (AvgIpc) is 2.72. The second-order valence-electron chi connectivity index (χ2n) is 6.61. The van der Waals surface area contributed by atoms with Crippen LogP contribution in [0.1, 0.15) is 5.56 Å². The first-order chi connectivity index (χ1) is 13.2. The van der Waals surface area contributed by atoms with Crippen LogP contribution in [0.15, 0.2) is 65.8 Å². The smallest absolute Gasteiger partial charge is 0.191 e. The van der Waals surface area contributed by atoms with Crippen LogP contribution in [-0.2, 0) is 6.54 Å². The number of hydrogen-bond acceptors (Lipinski definition) is 3. The minimum atomic E-state index is -0.211. The lowest BCUT2D eigenvalue weighted by atomic mass is 10.1. The van der Waals surface area contributed by atoms with Crippen LogP contribution in [0.5, 0.6) is 0 Å². The van der Waals surface area contributed by atoms with Gasteiger partial charge in [-0.25, -0.2) is 9.38 Å². The van der Waals surface area contributed by atoms with E-state index in [0.29, 0.717) is 12.5 Å². The minimum Gasteiger partial charge on any atom is -0.370 e. The number of hydrogen-bond donors (Lipinski definition) is 1. The minimum absolute atomic E-state index is 0.211. The Morgan fingerprint density at radius 2 is 1.74 bits per heavy atom. The van der Waals surface area contributed by atoms with E-state index in [1.54, 1.807) is 0 Å². The van der Waals surface area contributed by atoms with Crippen molar-refractivity contribution in [2.45, 2.75) is 6.54 Å². The Balaban J connectivity index is 1.40. The molecule has 2 aromatic carbocycles. The van der Waals surface area contributed by atoms with Crippen LogP contribution >= 0.6 is 0 Å². The molecule has 3 aromatic rings. The summed E-state index contributed by atoms with van der Waals surface area (Å²) in [5.74, 6) is 0.354. The number of anilines is 1. The summed E-state index contributed by atoms with van der Waals surface area (Å²) < 4.78 is 13.1. The first-order valence-corrected chi connectivity index (χ1v) is 9.09. The summed E-state index contributed by atoms with van der Waals surface area (Å²) in [6.45, 7) is 3.79. The van der Waals surface area contributed by atoms with Gasteiger partial charge < -0.3 is 15.5 Å². The SMILES string of the molecule is NC(=NCc1ccnc2ccccc12)N1CCN(c2ccc(F)cc2)CC1. The Morgan fingerprint density at radius 1 is 1.00 bits per heavy atom. The summed E-state index contributed by atoms with van der Waals surface area (Å²) in [7, 11) is 0. The highest BCUT2D eigenvalue weighted by Gasteiger charge is 2.18. The molecule has 0 radical (unpaired) electrons. The third kappa shape index (κ3) is 3.84. The molecule has 1 aliphatic rings. The van der Waals surface area contributed by atoms with Gasteiger partial charge in [-0.05, 0) is 42.0 Å². The van der Waals surface area contributed by atoms with E-state index in [0.717, 1.165) is 48.3 Å². The van der Waals surface area contributed by atoms with Gasteiger partial charge in [-0.15, -0.1) is 0 Å². The highest BCUT2D eigenvalue weighted by Crippen LogP contribution is 2.18. The van der Waals surface area contributed by atoms with Crippen molar-refractivity contribution in [3.05, 3.63) is 72.2 Å². The van der Waals surface area contributed by atoms with E-state index < -0.39 is 0 Å². The lowest BCUT2D eigenvalue weighted by Crippen LogP contribution is -2.51. The predicted octanol–water partition coefficient (Wildman–Crippen LogP) is 3.01. The third-order valence-corrected chi connectivity index (χ3v) is 4.95. The summed E-state index contributed by atoms with van der Waals surface area (Å²) >= 11 is 0. The topological polar surface area (TPSA) is 57.8 Å². The maximum Gasteiger partial charge on any atom is 0.191 e. The summed E-state index contributed by atoms with van der Waals surface area (Å²) in [5.41, 5.74) is 9.36. The van der Waals surface area contributed by atoms with Gasteiger partial charge in [0.15, 0.2) is 5.96 Å². The molecular weight excluding hydrogens is 341 g/mol. The maximum atomic E-state index is 13.1. The van der Waals surface area contributed by atoms with Crippen molar-refractivity contribution in [2.75, 3.05) is 31.1 Å². The van der Waals surface area contributed by atoms with Gasteiger partial charge in [0, 0.05) is 43.4 Å². The molecule has 1 aliphatic heterocycles. The van der Waals surface area contributed by atoms with E-state index in [1.165, 1.54) is 12.1 Å². The summed E-state index contributed by atoms with van der Waals surface area (Å²) in [5, 5.41) is 1.11. The fourth-order valence-electron chi connectivity index (χ4n) is 3.40. The van der Waals surface area contributed by atoms with E-state index in [1.807, 2.05) is 42.6 Å². The Morgan fingerprint density at radius 3 is 2.52 bits per heavy atom. The quantitative estimate of drug-likeness (QED) is 0.574. The number of nitrogens with zero attached hydrogens (tertiary/aromatic N) is 4. The molecule has 5 nitrogen and oxygen atoms in total. The molecule has 0 spiro atoms. The molecule has 2 N–H and O–H groups in total. The average molecular weight is 363 g/mol. The lowest BCUT2D eigenvalue weighted by molar-refractivity contribution is 0.380. The first-order valence-electron chi connectivity index (χ1n) is 9.09. The van der Waals surface area contributed by atoms with E-state index in [9.17, 15) is 4.39 Å². The number of rotatable bonds is 3. The number of piperazine rings is 1. The molecule has 138 valence electrons. The number of aromatic nitrogens is 1. The van der Waals surface area contributed by atoms with E-state index in [-0.39, 0.29) is 5.82 Å². The molecule has 0 bridgehead atoms. The second kappa shape index (κ2) is 7.61. The number of pyridine rings is 1. The van der Waals surface area contributed by atoms with Crippen LogP contribution in [0.3, 0.4) is 0 Å². The fraction of sp³-hybridized carbons (Fsp3) is 0.238.